The predicted molar refractivity (Wildman–Crippen MR) is 170 cm³/mol. The second-order valence-corrected chi connectivity index (χ2v) is 14.4. The number of allylic oxidation sites excluding steroid dienone is 4. The Labute approximate surface area is 268 Å². The van der Waals surface area contributed by atoms with Crippen LogP contribution in [0.4, 0.5) is 0 Å². The van der Waals surface area contributed by atoms with Crippen molar-refractivity contribution in [1.29, 1.82) is 0 Å². The van der Waals surface area contributed by atoms with Gasteiger partial charge in [-0.3, -0.25) is 14.4 Å². The van der Waals surface area contributed by atoms with Crippen LogP contribution in [0.2, 0.25) is 10.0 Å². The summed E-state index contributed by atoms with van der Waals surface area (Å²) in [6.45, 7) is 10.9. The molecule has 0 unspecified atom stereocenters. The van der Waals surface area contributed by atoms with Gasteiger partial charge in [0.15, 0.2) is 23.1 Å². The monoisotopic (exact) mass is 639 g/mol. The zero-order valence-electron chi connectivity index (χ0n) is 25.9. The Morgan fingerprint density at radius 2 is 1.48 bits per heavy atom. The van der Waals surface area contributed by atoms with Crippen molar-refractivity contribution in [2.24, 2.45) is 10.8 Å². The molecule has 9 heteroatoms. The van der Waals surface area contributed by atoms with Gasteiger partial charge in [-0.2, -0.15) is 0 Å². The van der Waals surface area contributed by atoms with Gasteiger partial charge in [-0.25, -0.2) is 0 Å². The second kappa shape index (κ2) is 12.2. The van der Waals surface area contributed by atoms with Crippen LogP contribution in [-0.4, -0.2) is 40.7 Å². The zero-order chi connectivity index (χ0) is 32.0. The van der Waals surface area contributed by atoms with Crippen molar-refractivity contribution in [2.75, 3.05) is 13.2 Å². The SMILES string of the molecule is CCOc1cc(C2C3=C(CC(C)(C)CC3=O)N(CCC(=O)O)C3=C2C(=O)CC(C)(C)C3)cc(Cl)c1OCc1ccc(Cl)cc1. The summed E-state index contributed by atoms with van der Waals surface area (Å²) in [5, 5.41) is 10.5. The molecule has 5 rings (SSSR count). The molecule has 0 saturated carbocycles. The molecule has 1 aliphatic heterocycles. The maximum absolute atomic E-state index is 14.0. The molecule has 0 aromatic heterocycles. The molecule has 2 aliphatic carbocycles. The molecule has 0 radical (unpaired) electrons. The smallest absolute Gasteiger partial charge is 0.305 e. The Bertz CT molecular complexity index is 1520. The molecule has 44 heavy (non-hydrogen) atoms. The fourth-order valence-electron chi connectivity index (χ4n) is 6.75. The molecular weight excluding hydrogens is 601 g/mol. The van der Waals surface area contributed by atoms with Crippen LogP contribution in [0.25, 0.3) is 0 Å². The molecule has 0 amide bonds. The van der Waals surface area contributed by atoms with Crippen molar-refractivity contribution in [3.63, 3.8) is 0 Å². The molecule has 2 aromatic carbocycles. The van der Waals surface area contributed by atoms with Gasteiger partial charge >= 0.3 is 5.97 Å². The molecular formula is C35H39Cl2NO6. The second-order valence-electron chi connectivity index (χ2n) is 13.5. The molecule has 7 nitrogen and oxygen atoms in total. The van der Waals surface area contributed by atoms with Crippen LogP contribution in [0, 0.1) is 10.8 Å². The van der Waals surface area contributed by atoms with Crippen molar-refractivity contribution in [3.8, 4) is 11.5 Å². The Balaban J connectivity index is 1.67. The van der Waals surface area contributed by atoms with Crippen molar-refractivity contribution in [1.82, 2.24) is 4.90 Å². The first-order valence-corrected chi connectivity index (χ1v) is 15.8. The molecule has 0 saturated heterocycles. The van der Waals surface area contributed by atoms with Crippen LogP contribution in [-0.2, 0) is 21.0 Å². The van der Waals surface area contributed by atoms with Crippen LogP contribution >= 0.6 is 23.2 Å². The first-order chi connectivity index (χ1) is 20.7. The van der Waals surface area contributed by atoms with E-state index >= 15 is 0 Å². The third-order valence-corrected chi connectivity index (χ3v) is 9.07. The van der Waals surface area contributed by atoms with E-state index in [1.54, 1.807) is 18.2 Å². The molecule has 234 valence electrons. The fourth-order valence-corrected chi connectivity index (χ4v) is 7.15. The minimum Gasteiger partial charge on any atom is -0.490 e. The summed E-state index contributed by atoms with van der Waals surface area (Å²) in [7, 11) is 0. The van der Waals surface area contributed by atoms with Gasteiger partial charge in [-0.15, -0.1) is 0 Å². The summed E-state index contributed by atoms with van der Waals surface area (Å²) in [5.74, 6) is -0.849. The van der Waals surface area contributed by atoms with Gasteiger partial charge < -0.3 is 19.5 Å². The molecule has 3 aliphatic rings. The molecule has 2 aromatic rings. The van der Waals surface area contributed by atoms with Gasteiger partial charge in [0.2, 0.25) is 0 Å². The number of carboxylic acids is 1. The van der Waals surface area contributed by atoms with Gasteiger partial charge in [0.25, 0.3) is 0 Å². The molecule has 0 bridgehead atoms. The largest absolute Gasteiger partial charge is 0.490 e. The summed E-state index contributed by atoms with van der Waals surface area (Å²) in [6.07, 6.45) is 1.72. The number of carbonyl (C=O) groups is 3. The summed E-state index contributed by atoms with van der Waals surface area (Å²) in [5.41, 5.74) is 3.66. The first-order valence-electron chi connectivity index (χ1n) is 15.0. The van der Waals surface area contributed by atoms with E-state index in [2.05, 4.69) is 27.7 Å². The lowest BCUT2D eigenvalue weighted by Gasteiger charge is -2.49. The van der Waals surface area contributed by atoms with E-state index in [1.807, 2.05) is 30.0 Å². The third kappa shape index (κ3) is 6.54. The Kier molecular flexibility index (Phi) is 8.94. The van der Waals surface area contributed by atoms with Gasteiger partial charge in [0, 0.05) is 52.9 Å². The van der Waals surface area contributed by atoms with Crippen molar-refractivity contribution in [2.45, 2.75) is 79.2 Å². The summed E-state index contributed by atoms with van der Waals surface area (Å²) < 4.78 is 12.2. The van der Waals surface area contributed by atoms with Crippen LogP contribution in [0.3, 0.4) is 0 Å². The van der Waals surface area contributed by atoms with Gasteiger partial charge in [0.05, 0.1) is 18.1 Å². The lowest BCUT2D eigenvalue weighted by atomic mass is 9.63. The maximum atomic E-state index is 14.0. The highest BCUT2D eigenvalue weighted by molar-refractivity contribution is 6.32. The topological polar surface area (TPSA) is 93.1 Å². The zero-order valence-corrected chi connectivity index (χ0v) is 27.4. The lowest BCUT2D eigenvalue weighted by Crippen LogP contribution is -2.45. The number of hydrogen-bond donors (Lipinski definition) is 1. The van der Waals surface area contributed by atoms with Gasteiger partial charge in [-0.1, -0.05) is 63.0 Å². The quantitative estimate of drug-likeness (QED) is 0.296. The van der Waals surface area contributed by atoms with E-state index < -0.39 is 11.9 Å². The number of hydrogen-bond acceptors (Lipinski definition) is 6. The third-order valence-electron chi connectivity index (χ3n) is 8.53. The number of rotatable bonds is 9. The standard InChI is InChI=1S/C35H39Cl2NO6/c1-6-43-28-14-21(13-23(37)33(28)44-19-20-7-9-22(36)10-8-20)30-31-24(15-34(2,3)17-26(31)39)38(12-11-29(41)42)25-16-35(4,5)18-27(40)32(25)30/h7-10,13-14,30H,6,11-12,15-19H2,1-5H3,(H,41,42). The molecule has 0 spiro atoms. The molecule has 1 heterocycles. The first kappa shape index (κ1) is 32.1. The van der Waals surface area contributed by atoms with Crippen molar-refractivity contribution in [3.05, 3.63) is 80.1 Å². The number of ketones is 2. The number of ether oxygens (including phenoxy) is 2. The van der Waals surface area contributed by atoms with E-state index in [1.165, 1.54) is 0 Å². The van der Waals surface area contributed by atoms with Crippen LogP contribution < -0.4 is 9.47 Å². The maximum Gasteiger partial charge on any atom is 0.305 e. The highest BCUT2D eigenvalue weighted by atomic mass is 35.5. The van der Waals surface area contributed by atoms with E-state index in [0.29, 0.717) is 70.5 Å². The Morgan fingerprint density at radius 3 is 2.00 bits per heavy atom. The van der Waals surface area contributed by atoms with Crippen molar-refractivity contribution >= 4 is 40.7 Å². The van der Waals surface area contributed by atoms with Crippen LogP contribution in [0.15, 0.2) is 58.9 Å². The number of Topliss-reactive ketones (excluding diaryl/α,β-unsaturated/α-hetero) is 2. The summed E-state index contributed by atoms with van der Waals surface area (Å²) >= 11 is 12.9. The number of benzene rings is 2. The highest BCUT2D eigenvalue weighted by Crippen LogP contribution is 2.55. The highest BCUT2D eigenvalue weighted by Gasteiger charge is 2.49. The number of carboxylic acid groups (broad SMARTS) is 1. The van der Waals surface area contributed by atoms with Gasteiger partial charge in [-0.05, 0) is 66.0 Å². The number of halogens is 2. The summed E-state index contributed by atoms with van der Waals surface area (Å²) in [6, 6.07) is 10.9. The van der Waals surface area contributed by atoms with E-state index in [0.717, 1.165) is 17.0 Å². The molecule has 0 atom stereocenters. The van der Waals surface area contributed by atoms with Crippen molar-refractivity contribution < 1.29 is 29.0 Å². The Hall–Kier alpha value is -3.29. The van der Waals surface area contributed by atoms with E-state index in [4.69, 9.17) is 32.7 Å². The number of aliphatic carboxylic acids is 1. The average molecular weight is 641 g/mol. The lowest BCUT2D eigenvalue weighted by molar-refractivity contribution is -0.137. The molecule has 0 fully saturated rings. The normalized spacial score (nSPS) is 19.6. The Morgan fingerprint density at radius 1 is 0.909 bits per heavy atom. The van der Waals surface area contributed by atoms with E-state index in [-0.39, 0.29) is 42.0 Å². The molecule has 1 N–H and O–H groups in total. The summed E-state index contributed by atoms with van der Waals surface area (Å²) in [4.78, 5) is 41.8. The minimum absolute atomic E-state index is 0.0390. The average Bonchev–Trinajstić information content (AvgIpc) is 2.90. The van der Waals surface area contributed by atoms with Crippen LogP contribution in [0.1, 0.15) is 83.8 Å². The van der Waals surface area contributed by atoms with E-state index in [9.17, 15) is 19.5 Å². The predicted octanol–water partition coefficient (Wildman–Crippen LogP) is 8.13. The minimum atomic E-state index is -0.929. The van der Waals surface area contributed by atoms with Gasteiger partial charge in [0.1, 0.15) is 6.61 Å². The number of carbonyl (C=O) groups excluding carboxylic acids is 2. The number of nitrogens with zero attached hydrogens (tertiary/aromatic N) is 1. The fraction of sp³-hybridized carbons (Fsp3) is 0.457. The van der Waals surface area contributed by atoms with Crippen LogP contribution in [0.5, 0.6) is 11.5 Å².